The van der Waals surface area contributed by atoms with Crippen molar-refractivity contribution in [2.45, 2.75) is 25.2 Å². The molecule has 0 aromatic carbocycles. The molecule has 0 amide bonds. The summed E-state index contributed by atoms with van der Waals surface area (Å²) < 4.78 is 2.10. The molecule has 2 heterocycles. The number of pyridine rings is 1. The minimum atomic E-state index is 0.650. The molecule has 2 aromatic heterocycles. The van der Waals surface area contributed by atoms with Gasteiger partial charge in [-0.1, -0.05) is 12.5 Å². The van der Waals surface area contributed by atoms with Crippen LogP contribution in [-0.2, 0) is 0 Å². The van der Waals surface area contributed by atoms with E-state index >= 15 is 0 Å². The largest absolute Gasteiger partial charge is 0.286 e. The fourth-order valence-corrected chi connectivity index (χ4v) is 1.80. The first-order chi connectivity index (χ1) is 6.45. The van der Waals surface area contributed by atoms with Crippen molar-refractivity contribution in [3.63, 3.8) is 0 Å². The summed E-state index contributed by atoms with van der Waals surface area (Å²) in [5.41, 5.74) is 0.962. The van der Waals surface area contributed by atoms with E-state index in [1.54, 1.807) is 0 Å². The Morgan fingerprint density at radius 3 is 2.92 bits per heavy atom. The Hall–Kier alpha value is -1.38. The second kappa shape index (κ2) is 2.55. The minimum Gasteiger partial charge on any atom is -0.286 e. The van der Waals surface area contributed by atoms with Crippen LogP contribution >= 0.6 is 0 Å². The molecule has 66 valence electrons. The average Bonchev–Trinajstić information content (AvgIpc) is 2.47. The summed E-state index contributed by atoms with van der Waals surface area (Å²) in [6, 6.07) is 6.02. The Balaban J connectivity index is 2.17. The standard InChI is InChI=1S/C10H11N3/c1-2-7-13-9(6-1)11-12-10(13)8-4-3-5-8/h1-2,6-8H,3-5H2. The molecule has 13 heavy (non-hydrogen) atoms. The molecule has 2 aromatic rings. The molecule has 0 saturated heterocycles. The summed E-state index contributed by atoms with van der Waals surface area (Å²) in [4.78, 5) is 0. The van der Waals surface area contributed by atoms with Gasteiger partial charge >= 0.3 is 0 Å². The van der Waals surface area contributed by atoms with Gasteiger partial charge in [-0.05, 0) is 25.0 Å². The van der Waals surface area contributed by atoms with Gasteiger partial charge < -0.3 is 0 Å². The highest BCUT2D eigenvalue weighted by Crippen LogP contribution is 2.35. The molecule has 0 aliphatic heterocycles. The van der Waals surface area contributed by atoms with Crippen LogP contribution in [0.3, 0.4) is 0 Å². The van der Waals surface area contributed by atoms with Crippen molar-refractivity contribution >= 4 is 5.65 Å². The van der Waals surface area contributed by atoms with Crippen molar-refractivity contribution in [3.8, 4) is 0 Å². The van der Waals surface area contributed by atoms with Crippen LogP contribution < -0.4 is 0 Å². The van der Waals surface area contributed by atoms with Crippen molar-refractivity contribution in [2.24, 2.45) is 0 Å². The lowest BCUT2D eigenvalue weighted by Crippen LogP contribution is -2.12. The van der Waals surface area contributed by atoms with Crippen LogP contribution in [0, 0.1) is 0 Å². The molecule has 0 N–H and O–H groups in total. The van der Waals surface area contributed by atoms with Gasteiger partial charge in [0, 0.05) is 12.1 Å². The van der Waals surface area contributed by atoms with E-state index < -0.39 is 0 Å². The lowest BCUT2D eigenvalue weighted by Gasteiger charge is -2.23. The molecule has 1 aliphatic carbocycles. The highest BCUT2D eigenvalue weighted by molar-refractivity contribution is 5.37. The van der Waals surface area contributed by atoms with Crippen LogP contribution in [0.15, 0.2) is 24.4 Å². The molecule has 1 fully saturated rings. The average molecular weight is 173 g/mol. The Morgan fingerprint density at radius 2 is 2.15 bits per heavy atom. The van der Waals surface area contributed by atoms with E-state index in [4.69, 9.17) is 0 Å². The molecule has 0 unspecified atom stereocenters. The predicted octanol–water partition coefficient (Wildman–Crippen LogP) is 2.00. The molecule has 3 nitrogen and oxygen atoms in total. The third-order valence-corrected chi connectivity index (χ3v) is 2.81. The van der Waals surface area contributed by atoms with Crippen molar-refractivity contribution in [3.05, 3.63) is 30.2 Å². The smallest absolute Gasteiger partial charge is 0.160 e. The third kappa shape index (κ3) is 0.963. The number of fused-ring (bicyclic) bond motifs is 1. The summed E-state index contributed by atoms with van der Waals surface area (Å²) in [5.74, 6) is 1.79. The topological polar surface area (TPSA) is 30.2 Å². The fourth-order valence-electron chi connectivity index (χ4n) is 1.80. The minimum absolute atomic E-state index is 0.650. The van der Waals surface area contributed by atoms with Crippen LogP contribution in [0.5, 0.6) is 0 Å². The van der Waals surface area contributed by atoms with E-state index in [0.717, 1.165) is 11.5 Å². The molecule has 1 aliphatic rings. The summed E-state index contributed by atoms with van der Waals surface area (Å²) in [6.07, 6.45) is 5.93. The summed E-state index contributed by atoms with van der Waals surface area (Å²) in [5, 5.41) is 8.36. The number of aromatic nitrogens is 3. The van der Waals surface area contributed by atoms with Gasteiger partial charge in [-0.3, -0.25) is 4.40 Å². The summed E-state index contributed by atoms with van der Waals surface area (Å²) in [6.45, 7) is 0. The van der Waals surface area contributed by atoms with Crippen molar-refractivity contribution in [2.75, 3.05) is 0 Å². The molecule has 0 bridgehead atoms. The second-order valence-corrected chi connectivity index (χ2v) is 3.61. The maximum absolute atomic E-state index is 4.23. The first-order valence-corrected chi connectivity index (χ1v) is 4.75. The van der Waals surface area contributed by atoms with E-state index in [0.29, 0.717) is 5.92 Å². The van der Waals surface area contributed by atoms with E-state index in [9.17, 15) is 0 Å². The van der Waals surface area contributed by atoms with Gasteiger partial charge in [0.25, 0.3) is 0 Å². The number of hydrogen-bond donors (Lipinski definition) is 0. The first-order valence-electron chi connectivity index (χ1n) is 4.75. The number of hydrogen-bond acceptors (Lipinski definition) is 2. The van der Waals surface area contributed by atoms with Gasteiger partial charge in [-0.25, -0.2) is 0 Å². The van der Waals surface area contributed by atoms with Gasteiger partial charge in [0.15, 0.2) is 5.65 Å². The van der Waals surface area contributed by atoms with E-state index in [1.807, 2.05) is 24.4 Å². The molecule has 0 atom stereocenters. The van der Waals surface area contributed by atoms with Crippen LogP contribution in [0.1, 0.15) is 31.0 Å². The Kier molecular flexibility index (Phi) is 1.39. The van der Waals surface area contributed by atoms with Crippen molar-refractivity contribution in [1.29, 1.82) is 0 Å². The highest BCUT2D eigenvalue weighted by Gasteiger charge is 2.23. The molecule has 0 radical (unpaired) electrons. The maximum atomic E-state index is 4.23. The number of nitrogens with zero attached hydrogens (tertiary/aromatic N) is 3. The van der Waals surface area contributed by atoms with E-state index in [1.165, 1.54) is 19.3 Å². The summed E-state index contributed by atoms with van der Waals surface area (Å²) in [7, 11) is 0. The lowest BCUT2D eigenvalue weighted by molar-refractivity contribution is 0.399. The third-order valence-electron chi connectivity index (χ3n) is 2.81. The zero-order valence-corrected chi connectivity index (χ0v) is 7.35. The molecule has 3 heteroatoms. The van der Waals surface area contributed by atoms with Crippen molar-refractivity contribution < 1.29 is 0 Å². The maximum Gasteiger partial charge on any atom is 0.160 e. The van der Waals surface area contributed by atoms with Crippen LogP contribution in [0.2, 0.25) is 0 Å². The zero-order chi connectivity index (χ0) is 8.67. The number of rotatable bonds is 1. The normalized spacial score (nSPS) is 17.5. The molecular formula is C10H11N3. The van der Waals surface area contributed by atoms with Gasteiger partial charge in [-0.2, -0.15) is 0 Å². The molecule has 3 rings (SSSR count). The lowest BCUT2D eigenvalue weighted by atomic mass is 9.85. The van der Waals surface area contributed by atoms with Crippen molar-refractivity contribution in [1.82, 2.24) is 14.6 Å². The van der Waals surface area contributed by atoms with Gasteiger partial charge in [0.05, 0.1) is 0 Å². The van der Waals surface area contributed by atoms with Gasteiger partial charge in [-0.15, -0.1) is 10.2 Å². The zero-order valence-electron chi connectivity index (χ0n) is 7.35. The Labute approximate surface area is 76.4 Å². The molecule has 0 spiro atoms. The predicted molar refractivity (Wildman–Crippen MR) is 49.6 cm³/mol. The van der Waals surface area contributed by atoms with E-state index in [2.05, 4.69) is 14.6 Å². The van der Waals surface area contributed by atoms with Crippen LogP contribution in [0.4, 0.5) is 0 Å². The monoisotopic (exact) mass is 173 g/mol. The van der Waals surface area contributed by atoms with E-state index in [-0.39, 0.29) is 0 Å². The van der Waals surface area contributed by atoms with Crippen LogP contribution in [-0.4, -0.2) is 14.6 Å². The highest BCUT2D eigenvalue weighted by atomic mass is 15.2. The Bertz CT molecular complexity index is 428. The second-order valence-electron chi connectivity index (χ2n) is 3.61. The van der Waals surface area contributed by atoms with Gasteiger partial charge in [0.1, 0.15) is 5.82 Å². The molecular weight excluding hydrogens is 162 g/mol. The molecule has 1 saturated carbocycles. The summed E-state index contributed by atoms with van der Waals surface area (Å²) >= 11 is 0. The quantitative estimate of drug-likeness (QED) is 0.660. The fraction of sp³-hybridized carbons (Fsp3) is 0.400. The van der Waals surface area contributed by atoms with Crippen LogP contribution in [0.25, 0.3) is 5.65 Å². The Morgan fingerprint density at radius 1 is 1.23 bits per heavy atom. The first kappa shape index (κ1) is 7.06. The van der Waals surface area contributed by atoms with Gasteiger partial charge in [0.2, 0.25) is 0 Å². The SMILES string of the molecule is c1ccn2c(C3CCC3)nnc2c1.